The van der Waals surface area contributed by atoms with Gasteiger partial charge in [0.25, 0.3) is 0 Å². The lowest BCUT2D eigenvalue weighted by Crippen LogP contribution is -2.01. The molecule has 0 bridgehead atoms. The van der Waals surface area contributed by atoms with Crippen LogP contribution in [0.3, 0.4) is 0 Å². The Labute approximate surface area is 209 Å². The minimum Gasteiger partial charge on any atom is -0.493 e. The maximum absolute atomic E-state index is 9.72. The number of nitrogens with zero attached hydrogens (tertiary/aromatic N) is 1. The number of ether oxygens (including phenoxy) is 2. The zero-order valence-electron chi connectivity index (χ0n) is 20.2. The third-order valence-corrected chi connectivity index (χ3v) is 6.91. The summed E-state index contributed by atoms with van der Waals surface area (Å²) >= 11 is 0. The lowest BCUT2D eigenvalue weighted by atomic mass is 9.91. The molecule has 0 spiro atoms. The van der Waals surface area contributed by atoms with Crippen molar-refractivity contribution in [2.24, 2.45) is 0 Å². The van der Waals surface area contributed by atoms with Crippen LogP contribution in [0, 0.1) is 0 Å². The average molecular weight is 474 g/mol. The minimum atomic E-state index is 0.124. The molecule has 4 heteroatoms. The highest BCUT2D eigenvalue weighted by atomic mass is 16.5. The molecule has 6 rings (SSSR count). The topological polar surface area (TPSA) is 51.6 Å². The summed E-state index contributed by atoms with van der Waals surface area (Å²) in [5.41, 5.74) is 3.23. The molecule has 0 saturated heterocycles. The summed E-state index contributed by atoms with van der Waals surface area (Å²) in [6.07, 6.45) is 3.34. The molecule has 5 aromatic carbocycles. The normalized spacial score (nSPS) is 11.5. The molecule has 1 heterocycles. The quantitative estimate of drug-likeness (QED) is 0.197. The van der Waals surface area contributed by atoms with E-state index in [4.69, 9.17) is 14.5 Å². The number of benzene rings is 5. The van der Waals surface area contributed by atoms with Crippen molar-refractivity contribution < 1.29 is 14.6 Å². The van der Waals surface area contributed by atoms with Crippen LogP contribution < -0.4 is 9.47 Å². The summed E-state index contributed by atoms with van der Waals surface area (Å²) in [5, 5.41) is 17.5. The molecular weight excluding hydrogens is 446 g/mol. The van der Waals surface area contributed by atoms with Crippen LogP contribution >= 0.6 is 0 Å². The van der Waals surface area contributed by atoms with Crippen molar-refractivity contribution in [3.8, 4) is 11.5 Å². The third kappa shape index (κ3) is 3.80. The van der Waals surface area contributed by atoms with Gasteiger partial charge in [0.15, 0.2) is 11.5 Å². The van der Waals surface area contributed by atoms with Crippen LogP contribution in [0.4, 0.5) is 0 Å². The zero-order chi connectivity index (χ0) is 24.5. The van der Waals surface area contributed by atoms with E-state index in [2.05, 4.69) is 54.6 Å². The Hall–Kier alpha value is -4.15. The Bertz CT molecular complexity index is 1710. The van der Waals surface area contributed by atoms with E-state index >= 15 is 0 Å². The van der Waals surface area contributed by atoms with E-state index in [1.54, 1.807) is 7.11 Å². The summed E-state index contributed by atoms with van der Waals surface area (Å²) in [5.74, 6) is 1.44. The van der Waals surface area contributed by atoms with E-state index in [-0.39, 0.29) is 6.61 Å². The Morgan fingerprint density at radius 1 is 0.778 bits per heavy atom. The number of aliphatic hydroxyl groups is 1. The number of pyridine rings is 1. The van der Waals surface area contributed by atoms with E-state index in [0.717, 1.165) is 61.1 Å². The second kappa shape index (κ2) is 9.48. The first-order chi connectivity index (χ1) is 17.8. The average Bonchev–Trinajstić information content (AvgIpc) is 2.94. The molecule has 0 aliphatic rings. The van der Waals surface area contributed by atoms with Crippen molar-refractivity contribution in [3.05, 3.63) is 102 Å². The molecule has 0 aliphatic carbocycles. The monoisotopic (exact) mass is 473 g/mol. The van der Waals surface area contributed by atoms with Gasteiger partial charge in [0.2, 0.25) is 0 Å². The van der Waals surface area contributed by atoms with Gasteiger partial charge >= 0.3 is 0 Å². The van der Waals surface area contributed by atoms with Crippen LogP contribution in [0.5, 0.6) is 11.5 Å². The summed E-state index contributed by atoms with van der Waals surface area (Å²) in [7, 11) is 1.67. The van der Waals surface area contributed by atoms with Gasteiger partial charge in [0, 0.05) is 34.3 Å². The van der Waals surface area contributed by atoms with Crippen molar-refractivity contribution >= 4 is 43.2 Å². The molecule has 0 aliphatic heterocycles. The molecule has 0 radical (unpaired) electrons. The molecule has 1 N–H and O–H groups in total. The number of rotatable bonds is 7. The molecule has 0 saturated carbocycles. The Morgan fingerprint density at radius 3 is 2.42 bits per heavy atom. The van der Waals surface area contributed by atoms with E-state index < -0.39 is 0 Å². The Morgan fingerprint density at radius 2 is 1.58 bits per heavy atom. The number of aromatic nitrogens is 1. The van der Waals surface area contributed by atoms with E-state index in [0.29, 0.717) is 18.8 Å². The predicted octanol–water partition coefficient (Wildman–Crippen LogP) is 7.21. The fourth-order valence-corrected chi connectivity index (χ4v) is 5.21. The standard InChI is InChI=1S/C32H27NO3/c1-35-29-16-13-22-18-28-25(14-15-27-24-11-6-5-10-23(24)19-33-31(27)28)26(12-7-17-34)30(22)32(29)36-20-21-8-3-2-4-9-21/h2-6,8-11,13-16,18-19,34H,7,12,17,20H2,1H3. The Kier molecular flexibility index (Phi) is 5.88. The van der Waals surface area contributed by atoms with Gasteiger partial charge in [0.05, 0.1) is 12.6 Å². The molecule has 6 aromatic rings. The molecule has 0 unspecified atom stereocenters. The molecular formula is C32H27NO3. The van der Waals surface area contributed by atoms with Crippen LogP contribution in [0.1, 0.15) is 17.5 Å². The largest absolute Gasteiger partial charge is 0.493 e. The smallest absolute Gasteiger partial charge is 0.169 e. The lowest BCUT2D eigenvalue weighted by molar-refractivity contribution is 0.286. The Balaban J connectivity index is 1.63. The van der Waals surface area contributed by atoms with Crippen LogP contribution in [0.25, 0.3) is 43.2 Å². The number of hydrogen-bond donors (Lipinski definition) is 1. The molecule has 178 valence electrons. The highest BCUT2D eigenvalue weighted by molar-refractivity contribution is 6.19. The number of fused-ring (bicyclic) bond motifs is 6. The van der Waals surface area contributed by atoms with Crippen molar-refractivity contribution in [3.63, 3.8) is 0 Å². The number of aliphatic hydroxyl groups excluding tert-OH is 1. The minimum absolute atomic E-state index is 0.124. The van der Waals surface area contributed by atoms with Crippen molar-refractivity contribution in [1.82, 2.24) is 4.98 Å². The molecule has 0 fully saturated rings. The summed E-state index contributed by atoms with van der Waals surface area (Å²) < 4.78 is 12.2. The maximum Gasteiger partial charge on any atom is 0.169 e. The molecule has 0 atom stereocenters. The van der Waals surface area contributed by atoms with Crippen LogP contribution in [-0.2, 0) is 13.0 Å². The van der Waals surface area contributed by atoms with Crippen molar-refractivity contribution in [2.45, 2.75) is 19.4 Å². The number of aryl methyl sites for hydroxylation is 1. The van der Waals surface area contributed by atoms with Gasteiger partial charge in [-0.25, -0.2) is 0 Å². The first-order valence-corrected chi connectivity index (χ1v) is 12.3. The van der Waals surface area contributed by atoms with Gasteiger partial charge < -0.3 is 14.6 Å². The van der Waals surface area contributed by atoms with Gasteiger partial charge in [0.1, 0.15) is 6.61 Å². The fourth-order valence-electron chi connectivity index (χ4n) is 5.21. The third-order valence-electron chi connectivity index (χ3n) is 6.91. The highest BCUT2D eigenvalue weighted by Crippen LogP contribution is 2.43. The molecule has 36 heavy (non-hydrogen) atoms. The summed E-state index contributed by atoms with van der Waals surface area (Å²) in [4.78, 5) is 4.89. The van der Waals surface area contributed by atoms with E-state index in [1.165, 1.54) is 5.39 Å². The second-order valence-corrected chi connectivity index (χ2v) is 9.05. The molecule has 1 aromatic heterocycles. The van der Waals surface area contributed by atoms with Gasteiger partial charge in [-0.1, -0.05) is 72.8 Å². The first-order valence-electron chi connectivity index (χ1n) is 12.3. The van der Waals surface area contributed by atoms with Gasteiger partial charge in [-0.15, -0.1) is 0 Å². The van der Waals surface area contributed by atoms with E-state index in [1.807, 2.05) is 36.5 Å². The van der Waals surface area contributed by atoms with E-state index in [9.17, 15) is 5.11 Å². The SMILES string of the molecule is COc1ccc2cc3c(ccc4c5ccccc5cnc34)c(CCCO)c2c1OCc1ccccc1. The lowest BCUT2D eigenvalue weighted by Gasteiger charge is -2.19. The second-order valence-electron chi connectivity index (χ2n) is 9.05. The van der Waals surface area contributed by atoms with Crippen LogP contribution in [0.15, 0.2) is 91.1 Å². The van der Waals surface area contributed by atoms with Crippen LogP contribution in [-0.4, -0.2) is 23.8 Å². The highest BCUT2D eigenvalue weighted by Gasteiger charge is 2.18. The zero-order valence-corrected chi connectivity index (χ0v) is 20.2. The van der Waals surface area contributed by atoms with Crippen molar-refractivity contribution in [2.75, 3.05) is 13.7 Å². The predicted molar refractivity (Wildman–Crippen MR) is 147 cm³/mol. The van der Waals surface area contributed by atoms with Crippen LogP contribution in [0.2, 0.25) is 0 Å². The van der Waals surface area contributed by atoms with Gasteiger partial charge in [-0.05, 0) is 52.3 Å². The maximum atomic E-state index is 9.72. The summed E-state index contributed by atoms with van der Waals surface area (Å²) in [6, 6.07) is 29.2. The number of hydrogen-bond acceptors (Lipinski definition) is 4. The molecule has 4 nitrogen and oxygen atoms in total. The number of methoxy groups -OCH3 is 1. The summed E-state index contributed by atoms with van der Waals surface area (Å²) in [6.45, 7) is 0.567. The van der Waals surface area contributed by atoms with Gasteiger partial charge in [-0.2, -0.15) is 0 Å². The first kappa shape index (κ1) is 22.3. The van der Waals surface area contributed by atoms with Crippen molar-refractivity contribution in [1.29, 1.82) is 0 Å². The molecule has 0 amide bonds. The van der Waals surface area contributed by atoms with Gasteiger partial charge in [-0.3, -0.25) is 4.98 Å². The fraction of sp³-hybridized carbons (Fsp3) is 0.156.